The average molecular weight is 175 g/mol. The molecule has 0 radical (unpaired) electrons. The van der Waals surface area contributed by atoms with E-state index in [2.05, 4.69) is 10.2 Å². The molecule has 0 unspecified atom stereocenters. The van der Waals surface area contributed by atoms with Gasteiger partial charge in [0.15, 0.2) is 0 Å². The van der Waals surface area contributed by atoms with Gasteiger partial charge in [0.05, 0.1) is 5.88 Å². The van der Waals surface area contributed by atoms with E-state index in [0.29, 0.717) is 5.82 Å². The molecule has 0 fully saturated rings. The zero-order valence-corrected chi connectivity index (χ0v) is 6.45. The molecule has 0 spiro atoms. The molecule has 6 heteroatoms. The van der Waals surface area contributed by atoms with Crippen LogP contribution in [0, 0.1) is 0 Å². The van der Waals surface area contributed by atoms with Crippen molar-refractivity contribution in [2.75, 3.05) is 0 Å². The normalized spacial score (nSPS) is 9.91. The molecule has 11 heavy (non-hydrogen) atoms. The lowest BCUT2D eigenvalue weighted by Gasteiger charge is -1.98. The lowest BCUT2D eigenvalue weighted by Crippen LogP contribution is -2.19. The lowest BCUT2D eigenvalue weighted by atomic mass is 10.5. The first-order valence-corrected chi connectivity index (χ1v) is 3.48. The number of rotatable bonds is 3. The highest BCUT2D eigenvalue weighted by Gasteiger charge is 2.03. The highest BCUT2D eigenvalue weighted by molar-refractivity contribution is 6.16. The Bertz CT molecular complexity index is 259. The van der Waals surface area contributed by atoms with Gasteiger partial charge in [-0.3, -0.25) is 4.79 Å². The van der Waals surface area contributed by atoms with Gasteiger partial charge < -0.3 is 10.3 Å². The Kier molecular flexibility index (Phi) is 2.43. The van der Waals surface area contributed by atoms with Gasteiger partial charge >= 0.3 is 0 Å². The van der Waals surface area contributed by atoms with E-state index in [-0.39, 0.29) is 12.4 Å². The summed E-state index contributed by atoms with van der Waals surface area (Å²) in [7, 11) is 0. The van der Waals surface area contributed by atoms with Crippen LogP contribution in [0.2, 0.25) is 0 Å². The number of aromatic nitrogens is 3. The second-order valence-electron chi connectivity index (χ2n) is 1.98. The largest absolute Gasteiger partial charge is 0.368 e. The van der Waals surface area contributed by atoms with Crippen molar-refractivity contribution >= 4 is 17.5 Å². The molecule has 60 valence electrons. The summed E-state index contributed by atoms with van der Waals surface area (Å²) < 4.78 is 1.51. The summed E-state index contributed by atoms with van der Waals surface area (Å²) in [5, 5.41) is 7.23. The van der Waals surface area contributed by atoms with Gasteiger partial charge in [0.25, 0.3) is 0 Å². The number of amides is 1. The molecule has 0 bridgehead atoms. The molecule has 0 saturated heterocycles. The molecule has 0 saturated carbocycles. The number of nitrogens with zero attached hydrogens (tertiary/aromatic N) is 3. The van der Waals surface area contributed by atoms with Crippen LogP contribution in [-0.4, -0.2) is 20.7 Å². The smallest absolute Gasteiger partial charge is 0.237 e. The van der Waals surface area contributed by atoms with Crippen LogP contribution in [0.3, 0.4) is 0 Å². The Morgan fingerprint density at radius 3 is 3.09 bits per heavy atom. The first-order chi connectivity index (χ1) is 5.24. The Labute approximate surface area is 68.2 Å². The van der Waals surface area contributed by atoms with Crippen LogP contribution in [0.1, 0.15) is 5.82 Å². The fourth-order valence-corrected chi connectivity index (χ4v) is 0.889. The van der Waals surface area contributed by atoms with Gasteiger partial charge in [0, 0.05) is 0 Å². The molecule has 0 aliphatic heterocycles. The third-order valence-electron chi connectivity index (χ3n) is 1.14. The van der Waals surface area contributed by atoms with E-state index in [1.165, 1.54) is 10.9 Å². The highest BCUT2D eigenvalue weighted by Crippen LogP contribution is 1.97. The first-order valence-electron chi connectivity index (χ1n) is 2.95. The number of nitrogens with two attached hydrogens (primary N) is 1. The van der Waals surface area contributed by atoms with Crippen LogP contribution in [0.4, 0.5) is 0 Å². The zero-order chi connectivity index (χ0) is 8.27. The Balaban J connectivity index is 2.76. The topological polar surface area (TPSA) is 73.8 Å². The summed E-state index contributed by atoms with van der Waals surface area (Å²) in [5.74, 6) is 0.342. The molecule has 1 aromatic heterocycles. The zero-order valence-electron chi connectivity index (χ0n) is 5.70. The summed E-state index contributed by atoms with van der Waals surface area (Å²) in [6, 6.07) is 0. The summed E-state index contributed by atoms with van der Waals surface area (Å²) in [6.45, 7) is 0.0784. The predicted molar refractivity (Wildman–Crippen MR) is 38.8 cm³/mol. The molecule has 5 nitrogen and oxygen atoms in total. The Morgan fingerprint density at radius 1 is 1.82 bits per heavy atom. The second kappa shape index (κ2) is 3.34. The molecule has 1 heterocycles. The van der Waals surface area contributed by atoms with Crippen molar-refractivity contribution in [3.63, 3.8) is 0 Å². The van der Waals surface area contributed by atoms with Crippen molar-refractivity contribution < 1.29 is 4.79 Å². The number of alkyl halides is 1. The summed E-state index contributed by atoms with van der Waals surface area (Å²) in [4.78, 5) is 10.4. The number of hydrogen-bond acceptors (Lipinski definition) is 3. The fraction of sp³-hybridized carbons (Fsp3) is 0.400. The minimum atomic E-state index is -0.434. The van der Waals surface area contributed by atoms with Crippen molar-refractivity contribution in [1.82, 2.24) is 14.8 Å². The van der Waals surface area contributed by atoms with E-state index in [9.17, 15) is 4.79 Å². The maximum absolute atomic E-state index is 10.4. The van der Waals surface area contributed by atoms with Crippen LogP contribution in [0.15, 0.2) is 6.33 Å². The molecule has 0 aromatic carbocycles. The van der Waals surface area contributed by atoms with E-state index in [0.717, 1.165) is 0 Å². The molecule has 1 amide bonds. The molecular formula is C5H7ClN4O. The van der Waals surface area contributed by atoms with Gasteiger partial charge in [-0.1, -0.05) is 0 Å². The Morgan fingerprint density at radius 2 is 2.55 bits per heavy atom. The molecule has 1 aromatic rings. The van der Waals surface area contributed by atoms with E-state index < -0.39 is 5.91 Å². The van der Waals surface area contributed by atoms with Crippen LogP contribution in [0.25, 0.3) is 0 Å². The number of carbonyl (C=O) groups is 1. The van der Waals surface area contributed by atoms with Gasteiger partial charge in [-0.25, -0.2) is 0 Å². The quantitative estimate of drug-likeness (QED) is 0.628. The molecular weight excluding hydrogens is 168 g/mol. The third kappa shape index (κ3) is 1.91. The van der Waals surface area contributed by atoms with Crippen molar-refractivity contribution in [2.45, 2.75) is 12.4 Å². The van der Waals surface area contributed by atoms with Gasteiger partial charge in [-0.15, -0.1) is 21.8 Å². The van der Waals surface area contributed by atoms with Crippen LogP contribution in [-0.2, 0) is 17.2 Å². The third-order valence-corrected chi connectivity index (χ3v) is 1.38. The fourth-order valence-electron chi connectivity index (χ4n) is 0.682. The predicted octanol–water partition coefficient (Wildman–Crippen LogP) is -0.498. The van der Waals surface area contributed by atoms with Crippen molar-refractivity contribution in [3.8, 4) is 0 Å². The van der Waals surface area contributed by atoms with Gasteiger partial charge in [0.2, 0.25) is 5.91 Å². The SMILES string of the molecule is NC(=O)Cn1cnnc1CCl. The van der Waals surface area contributed by atoms with Crippen molar-refractivity contribution in [3.05, 3.63) is 12.2 Å². The summed E-state index contributed by atoms with van der Waals surface area (Å²) in [6.07, 6.45) is 1.42. The van der Waals surface area contributed by atoms with E-state index in [1.54, 1.807) is 0 Å². The number of carbonyl (C=O) groups excluding carboxylic acids is 1. The van der Waals surface area contributed by atoms with Crippen molar-refractivity contribution in [1.29, 1.82) is 0 Å². The second-order valence-corrected chi connectivity index (χ2v) is 2.24. The molecule has 0 aliphatic carbocycles. The maximum Gasteiger partial charge on any atom is 0.237 e. The van der Waals surface area contributed by atoms with E-state index >= 15 is 0 Å². The van der Waals surface area contributed by atoms with Gasteiger partial charge in [-0.05, 0) is 0 Å². The maximum atomic E-state index is 10.4. The first kappa shape index (κ1) is 8.00. The molecule has 1 rings (SSSR count). The summed E-state index contributed by atoms with van der Waals surface area (Å²) >= 11 is 5.48. The van der Waals surface area contributed by atoms with Crippen LogP contribution >= 0.6 is 11.6 Å². The lowest BCUT2D eigenvalue weighted by molar-refractivity contribution is -0.118. The number of primary amides is 1. The van der Waals surface area contributed by atoms with E-state index in [1.807, 2.05) is 0 Å². The number of halogens is 1. The summed E-state index contributed by atoms with van der Waals surface area (Å²) in [5.41, 5.74) is 4.95. The molecule has 2 N–H and O–H groups in total. The van der Waals surface area contributed by atoms with Gasteiger partial charge in [-0.2, -0.15) is 0 Å². The highest BCUT2D eigenvalue weighted by atomic mass is 35.5. The van der Waals surface area contributed by atoms with Crippen molar-refractivity contribution in [2.24, 2.45) is 5.73 Å². The van der Waals surface area contributed by atoms with Crippen LogP contribution in [0.5, 0.6) is 0 Å². The van der Waals surface area contributed by atoms with Gasteiger partial charge in [0.1, 0.15) is 18.7 Å². The molecule has 0 aliphatic rings. The minimum Gasteiger partial charge on any atom is -0.368 e. The van der Waals surface area contributed by atoms with E-state index in [4.69, 9.17) is 17.3 Å². The molecule has 0 atom stereocenters. The monoisotopic (exact) mass is 174 g/mol. The Hall–Kier alpha value is -1.10. The minimum absolute atomic E-state index is 0.0784. The standard InChI is InChI=1S/C5H7ClN4O/c6-1-5-9-8-3-10(5)2-4(7)11/h3H,1-2H2,(H2,7,11). The number of hydrogen-bond donors (Lipinski definition) is 1. The van der Waals surface area contributed by atoms with Crippen LogP contribution < -0.4 is 5.73 Å². The average Bonchev–Trinajstić information content (AvgIpc) is 2.34.